The quantitative estimate of drug-likeness (QED) is 0.799. The molecule has 6 nitrogen and oxygen atoms in total. The van der Waals surface area contributed by atoms with Crippen LogP contribution in [0.15, 0.2) is 29.2 Å². The number of amides is 1. The Labute approximate surface area is 148 Å². The molecule has 0 spiro atoms. The van der Waals surface area contributed by atoms with E-state index in [9.17, 15) is 13.2 Å². The average Bonchev–Trinajstić information content (AvgIpc) is 3.10. The highest BCUT2D eigenvalue weighted by molar-refractivity contribution is 7.89. The Balaban J connectivity index is 1.57. The number of benzene rings is 1. The molecule has 2 heterocycles. The first kappa shape index (κ1) is 17.7. The first-order chi connectivity index (χ1) is 11.5. The second-order valence-electron chi connectivity index (χ2n) is 6.38. The number of carbonyl (C=O) groups excluding carboxylic acids is 1. The maximum absolute atomic E-state index is 12.7. The highest BCUT2D eigenvalue weighted by atomic mass is 35.5. The van der Waals surface area contributed by atoms with E-state index in [1.807, 2.05) is 4.90 Å². The molecule has 0 unspecified atom stereocenters. The zero-order valence-corrected chi connectivity index (χ0v) is 15.2. The van der Waals surface area contributed by atoms with Crippen LogP contribution in [0, 0.1) is 0 Å². The van der Waals surface area contributed by atoms with Gasteiger partial charge in [-0.15, -0.1) is 0 Å². The number of nitrogens with zero attached hydrogens (tertiary/aromatic N) is 2. The molecule has 1 aromatic carbocycles. The molecule has 3 rings (SSSR count). The molecular formula is C16H23ClN3O3S+. The molecular weight excluding hydrogens is 350 g/mol. The van der Waals surface area contributed by atoms with Crippen molar-refractivity contribution in [1.29, 1.82) is 0 Å². The third-order valence-corrected chi connectivity index (χ3v) is 6.85. The van der Waals surface area contributed by atoms with E-state index in [1.165, 1.54) is 10.4 Å². The summed E-state index contributed by atoms with van der Waals surface area (Å²) in [6.07, 6.45) is 2.18. The number of sulfonamides is 1. The van der Waals surface area contributed by atoms with Crippen molar-refractivity contribution in [2.45, 2.75) is 17.7 Å². The molecule has 24 heavy (non-hydrogen) atoms. The van der Waals surface area contributed by atoms with E-state index in [1.54, 1.807) is 18.2 Å². The predicted molar refractivity (Wildman–Crippen MR) is 91.6 cm³/mol. The predicted octanol–water partition coefficient (Wildman–Crippen LogP) is -0.148. The van der Waals surface area contributed by atoms with Gasteiger partial charge in [-0.25, -0.2) is 8.42 Å². The highest BCUT2D eigenvalue weighted by Crippen LogP contribution is 2.19. The van der Waals surface area contributed by atoms with Gasteiger partial charge < -0.3 is 9.80 Å². The van der Waals surface area contributed by atoms with Crippen molar-refractivity contribution in [2.24, 2.45) is 0 Å². The average molecular weight is 373 g/mol. The van der Waals surface area contributed by atoms with E-state index in [0.717, 1.165) is 30.8 Å². The topological polar surface area (TPSA) is 62.1 Å². The fourth-order valence-electron chi connectivity index (χ4n) is 3.29. The second-order valence-corrected chi connectivity index (χ2v) is 8.75. The van der Waals surface area contributed by atoms with Crippen molar-refractivity contribution in [3.05, 3.63) is 29.3 Å². The van der Waals surface area contributed by atoms with Crippen LogP contribution in [0.25, 0.3) is 0 Å². The summed E-state index contributed by atoms with van der Waals surface area (Å²) in [6, 6.07) is 6.35. The minimum Gasteiger partial charge on any atom is -0.338 e. The lowest BCUT2D eigenvalue weighted by Crippen LogP contribution is -3.15. The molecule has 0 bridgehead atoms. The molecule has 2 aliphatic heterocycles. The van der Waals surface area contributed by atoms with Gasteiger partial charge in [0.1, 0.15) is 0 Å². The molecule has 0 radical (unpaired) electrons. The number of piperazine rings is 1. The monoisotopic (exact) mass is 372 g/mol. The van der Waals surface area contributed by atoms with Gasteiger partial charge >= 0.3 is 0 Å². The van der Waals surface area contributed by atoms with Crippen LogP contribution >= 0.6 is 11.6 Å². The number of hydrogen-bond donors (Lipinski definition) is 1. The Morgan fingerprint density at radius 3 is 2.42 bits per heavy atom. The van der Waals surface area contributed by atoms with E-state index in [0.29, 0.717) is 37.7 Å². The number of nitrogens with one attached hydrogen (secondary N) is 1. The SMILES string of the molecule is O=C(C[NH+]1CCN(S(=O)(=O)c2cccc(Cl)c2)CC1)N1CCCC1. The first-order valence-corrected chi connectivity index (χ1v) is 10.2. The zero-order chi connectivity index (χ0) is 17.2. The molecule has 8 heteroatoms. The van der Waals surface area contributed by atoms with Crippen molar-refractivity contribution in [3.8, 4) is 0 Å². The molecule has 2 saturated heterocycles. The second kappa shape index (κ2) is 7.39. The summed E-state index contributed by atoms with van der Waals surface area (Å²) >= 11 is 5.90. The molecule has 132 valence electrons. The summed E-state index contributed by atoms with van der Waals surface area (Å²) in [7, 11) is -3.51. The first-order valence-electron chi connectivity index (χ1n) is 8.34. The van der Waals surface area contributed by atoms with Crippen LogP contribution in [0.4, 0.5) is 0 Å². The van der Waals surface area contributed by atoms with Gasteiger partial charge in [-0.05, 0) is 31.0 Å². The number of carbonyl (C=O) groups is 1. The van der Waals surface area contributed by atoms with E-state index >= 15 is 0 Å². The van der Waals surface area contributed by atoms with Gasteiger partial charge in [0.25, 0.3) is 5.91 Å². The van der Waals surface area contributed by atoms with Crippen molar-refractivity contribution < 1.29 is 18.1 Å². The van der Waals surface area contributed by atoms with Crippen LogP contribution in [-0.2, 0) is 14.8 Å². The Bertz CT molecular complexity index is 696. The van der Waals surface area contributed by atoms with Crippen molar-refractivity contribution in [1.82, 2.24) is 9.21 Å². The Hall–Kier alpha value is -1.15. The van der Waals surface area contributed by atoms with Gasteiger partial charge in [0.05, 0.1) is 31.1 Å². The minimum absolute atomic E-state index is 0.189. The Morgan fingerprint density at radius 2 is 1.79 bits per heavy atom. The largest absolute Gasteiger partial charge is 0.338 e. The van der Waals surface area contributed by atoms with Gasteiger partial charge in [-0.2, -0.15) is 4.31 Å². The van der Waals surface area contributed by atoms with Gasteiger partial charge in [-0.1, -0.05) is 17.7 Å². The van der Waals surface area contributed by atoms with Crippen LogP contribution in [0.5, 0.6) is 0 Å². The van der Waals surface area contributed by atoms with Crippen LogP contribution in [-0.4, -0.2) is 69.3 Å². The summed E-state index contributed by atoms with van der Waals surface area (Å²) in [4.78, 5) is 15.5. The van der Waals surface area contributed by atoms with Gasteiger partial charge in [0.2, 0.25) is 10.0 Å². The normalized spacial score (nSPS) is 20.5. The summed E-state index contributed by atoms with van der Waals surface area (Å²) in [5.41, 5.74) is 0. The molecule has 0 saturated carbocycles. The summed E-state index contributed by atoms with van der Waals surface area (Å²) in [5, 5.41) is 0.413. The molecule has 0 aliphatic carbocycles. The maximum Gasteiger partial charge on any atom is 0.277 e. The number of hydrogen-bond acceptors (Lipinski definition) is 3. The number of halogens is 1. The fourth-order valence-corrected chi connectivity index (χ4v) is 5.03. The maximum atomic E-state index is 12.7. The Kier molecular flexibility index (Phi) is 5.44. The number of quaternary nitrogens is 1. The van der Waals surface area contributed by atoms with Gasteiger partial charge in [0, 0.05) is 18.1 Å². The van der Waals surface area contributed by atoms with E-state index in [-0.39, 0.29) is 10.8 Å². The summed E-state index contributed by atoms with van der Waals surface area (Å²) < 4.78 is 26.8. The third-order valence-electron chi connectivity index (χ3n) is 4.72. The number of likely N-dealkylation sites (tertiary alicyclic amines) is 1. The molecule has 2 fully saturated rings. The summed E-state index contributed by atoms with van der Waals surface area (Å²) in [5.74, 6) is 0.189. The van der Waals surface area contributed by atoms with Crippen LogP contribution in [0.2, 0.25) is 5.02 Å². The third kappa shape index (κ3) is 3.91. The number of rotatable bonds is 4. The molecule has 0 atom stereocenters. The highest BCUT2D eigenvalue weighted by Gasteiger charge is 2.32. The fraction of sp³-hybridized carbons (Fsp3) is 0.562. The van der Waals surface area contributed by atoms with Crippen molar-refractivity contribution >= 4 is 27.5 Å². The standard InChI is InChI=1S/C16H22ClN3O3S/c17-14-4-3-5-15(12-14)24(22,23)20-10-8-18(9-11-20)13-16(21)19-6-1-2-7-19/h3-5,12H,1-2,6-11,13H2/p+1. The lowest BCUT2D eigenvalue weighted by Gasteiger charge is -2.31. The van der Waals surface area contributed by atoms with Crippen LogP contribution < -0.4 is 4.90 Å². The lowest BCUT2D eigenvalue weighted by atomic mass is 10.3. The molecule has 1 N–H and O–H groups in total. The van der Waals surface area contributed by atoms with Crippen LogP contribution in [0.3, 0.4) is 0 Å². The molecule has 0 aromatic heterocycles. The van der Waals surface area contributed by atoms with Crippen molar-refractivity contribution in [2.75, 3.05) is 45.8 Å². The van der Waals surface area contributed by atoms with E-state index in [2.05, 4.69) is 0 Å². The summed E-state index contributed by atoms with van der Waals surface area (Å²) in [6.45, 7) is 4.35. The minimum atomic E-state index is -3.51. The Morgan fingerprint density at radius 1 is 1.12 bits per heavy atom. The molecule has 2 aliphatic rings. The lowest BCUT2D eigenvalue weighted by molar-refractivity contribution is -0.896. The molecule has 1 amide bonds. The van der Waals surface area contributed by atoms with Gasteiger partial charge in [-0.3, -0.25) is 4.79 Å². The van der Waals surface area contributed by atoms with Crippen molar-refractivity contribution in [3.63, 3.8) is 0 Å². The van der Waals surface area contributed by atoms with E-state index in [4.69, 9.17) is 11.6 Å². The van der Waals surface area contributed by atoms with Crippen LogP contribution in [0.1, 0.15) is 12.8 Å². The van der Waals surface area contributed by atoms with E-state index < -0.39 is 10.0 Å². The zero-order valence-electron chi connectivity index (χ0n) is 13.6. The van der Waals surface area contributed by atoms with Gasteiger partial charge in [0.15, 0.2) is 6.54 Å². The smallest absolute Gasteiger partial charge is 0.277 e. The molecule has 1 aromatic rings.